The highest BCUT2D eigenvalue weighted by atomic mass is 14.6. The van der Waals surface area contributed by atoms with E-state index in [1.807, 2.05) is 0 Å². The Bertz CT molecular complexity index is 431. The average Bonchev–Trinajstić information content (AvgIpc) is 2.44. The average molecular weight is 305 g/mol. The third-order valence-corrected chi connectivity index (χ3v) is 4.54. The van der Waals surface area contributed by atoms with Crippen molar-refractivity contribution in [2.24, 2.45) is 5.92 Å². The van der Waals surface area contributed by atoms with Crippen LogP contribution in [0.1, 0.15) is 89.3 Å². The maximum atomic E-state index is 6.52. The van der Waals surface area contributed by atoms with Crippen LogP contribution in [0, 0.1) is 5.92 Å². The number of rotatable bonds is 9. The van der Waals surface area contributed by atoms with Gasteiger partial charge in [0.2, 0.25) is 0 Å². The van der Waals surface area contributed by atoms with E-state index in [0.717, 1.165) is 30.6 Å². The van der Waals surface area contributed by atoms with Gasteiger partial charge in [0, 0.05) is 16.9 Å². The van der Waals surface area contributed by atoms with E-state index in [2.05, 4.69) is 40.7 Å². The molecule has 1 atom stereocenters. The summed E-state index contributed by atoms with van der Waals surface area (Å²) >= 11 is 0. The Hall–Kier alpha value is -1.18. The first kappa shape index (κ1) is 18.9. The van der Waals surface area contributed by atoms with Gasteiger partial charge in [-0.05, 0) is 55.1 Å². The molecule has 2 heteroatoms. The van der Waals surface area contributed by atoms with Gasteiger partial charge in [0.05, 0.1) is 0 Å². The monoisotopic (exact) mass is 304 g/mol. The van der Waals surface area contributed by atoms with Crippen LogP contribution in [0.25, 0.3) is 0 Å². The van der Waals surface area contributed by atoms with E-state index in [1.54, 1.807) is 0 Å². The van der Waals surface area contributed by atoms with Crippen LogP contribution in [0.5, 0.6) is 0 Å². The first-order chi connectivity index (χ1) is 10.4. The highest BCUT2D eigenvalue weighted by Gasteiger charge is 2.19. The molecule has 2 nitrogen and oxygen atoms in total. The summed E-state index contributed by atoms with van der Waals surface area (Å²) in [6.07, 6.45) is 8.07. The van der Waals surface area contributed by atoms with Crippen molar-refractivity contribution >= 4 is 11.4 Å². The Morgan fingerprint density at radius 1 is 0.864 bits per heavy atom. The molecular formula is C20H36N2. The van der Waals surface area contributed by atoms with Crippen molar-refractivity contribution in [3.63, 3.8) is 0 Å². The molecule has 0 saturated heterocycles. The van der Waals surface area contributed by atoms with Gasteiger partial charge in [0.1, 0.15) is 0 Å². The topological polar surface area (TPSA) is 52.0 Å². The van der Waals surface area contributed by atoms with Crippen LogP contribution in [0.3, 0.4) is 0 Å². The maximum Gasteiger partial charge on any atom is 0.0402 e. The van der Waals surface area contributed by atoms with Crippen molar-refractivity contribution in [2.75, 3.05) is 11.5 Å². The normalized spacial score (nSPS) is 12.8. The predicted octanol–water partition coefficient (Wildman–Crippen LogP) is 5.69. The van der Waals surface area contributed by atoms with Gasteiger partial charge in [-0.25, -0.2) is 0 Å². The predicted molar refractivity (Wildman–Crippen MR) is 100 cm³/mol. The SMILES string of the molecule is CCCCc1cc(CCCC)c(N)c(C(C)CC(C)C)c1N. The Morgan fingerprint density at radius 3 is 1.68 bits per heavy atom. The maximum absolute atomic E-state index is 6.52. The molecule has 22 heavy (non-hydrogen) atoms. The molecule has 0 fully saturated rings. The summed E-state index contributed by atoms with van der Waals surface area (Å²) in [5.74, 6) is 1.09. The molecule has 0 heterocycles. The second kappa shape index (κ2) is 9.07. The Balaban J connectivity index is 3.24. The molecule has 0 aliphatic heterocycles. The van der Waals surface area contributed by atoms with Crippen LogP contribution in [0.4, 0.5) is 11.4 Å². The molecule has 0 saturated carbocycles. The first-order valence-electron chi connectivity index (χ1n) is 9.11. The molecule has 1 unspecified atom stereocenters. The summed E-state index contributed by atoms with van der Waals surface area (Å²) < 4.78 is 0. The minimum Gasteiger partial charge on any atom is -0.398 e. The van der Waals surface area contributed by atoms with E-state index in [9.17, 15) is 0 Å². The molecule has 0 aliphatic rings. The fraction of sp³-hybridized carbons (Fsp3) is 0.700. The molecule has 0 amide bonds. The summed E-state index contributed by atoms with van der Waals surface area (Å²) in [5, 5.41) is 0. The Morgan fingerprint density at radius 2 is 1.32 bits per heavy atom. The van der Waals surface area contributed by atoms with Crippen LogP contribution in [0.2, 0.25) is 0 Å². The molecule has 0 bridgehead atoms. The molecule has 0 aliphatic carbocycles. The fourth-order valence-corrected chi connectivity index (χ4v) is 3.36. The molecule has 126 valence electrons. The molecule has 1 aromatic carbocycles. The quantitative estimate of drug-likeness (QED) is 0.576. The van der Waals surface area contributed by atoms with Gasteiger partial charge < -0.3 is 11.5 Å². The van der Waals surface area contributed by atoms with Crippen molar-refractivity contribution in [1.29, 1.82) is 0 Å². The van der Waals surface area contributed by atoms with E-state index in [-0.39, 0.29) is 0 Å². The van der Waals surface area contributed by atoms with Crippen molar-refractivity contribution < 1.29 is 0 Å². The third kappa shape index (κ3) is 4.93. The zero-order valence-corrected chi connectivity index (χ0v) is 15.3. The summed E-state index contributed by atoms with van der Waals surface area (Å²) in [5.41, 5.74) is 18.8. The van der Waals surface area contributed by atoms with Gasteiger partial charge >= 0.3 is 0 Å². The lowest BCUT2D eigenvalue weighted by atomic mass is 9.85. The van der Waals surface area contributed by atoms with Crippen molar-refractivity contribution in [1.82, 2.24) is 0 Å². The summed E-state index contributed by atoms with van der Waals surface area (Å²) in [6, 6.07) is 2.28. The standard InChI is InChI=1S/C20H36N2/c1-6-8-10-16-13-17(11-9-7-2)20(22)18(19(16)21)15(5)12-14(3)4/h13-15H,6-12,21-22H2,1-5H3. The van der Waals surface area contributed by atoms with Crippen LogP contribution in [-0.4, -0.2) is 0 Å². The van der Waals surface area contributed by atoms with Gasteiger partial charge in [0.15, 0.2) is 0 Å². The van der Waals surface area contributed by atoms with E-state index in [0.29, 0.717) is 11.8 Å². The van der Waals surface area contributed by atoms with Crippen molar-refractivity contribution in [3.8, 4) is 0 Å². The van der Waals surface area contributed by atoms with E-state index in [4.69, 9.17) is 11.5 Å². The summed E-state index contributed by atoms with van der Waals surface area (Å²) in [4.78, 5) is 0. The molecule has 4 N–H and O–H groups in total. The second-order valence-corrected chi connectivity index (χ2v) is 7.17. The van der Waals surface area contributed by atoms with E-state index >= 15 is 0 Å². The second-order valence-electron chi connectivity index (χ2n) is 7.17. The van der Waals surface area contributed by atoms with Gasteiger partial charge in [-0.15, -0.1) is 0 Å². The summed E-state index contributed by atoms with van der Waals surface area (Å²) in [6.45, 7) is 11.3. The highest BCUT2D eigenvalue weighted by Crippen LogP contribution is 2.38. The van der Waals surface area contributed by atoms with Gasteiger partial charge in [-0.3, -0.25) is 0 Å². The molecule has 0 aromatic heterocycles. The minimum atomic E-state index is 0.432. The third-order valence-electron chi connectivity index (χ3n) is 4.54. The molecule has 1 rings (SSSR count). The molecule has 0 radical (unpaired) electrons. The number of unbranched alkanes of at least 4 members (excludes halogenated alkanes) is 2. The lowest BCUT2D eigenvalue weighted by molar-refractivity contribution is 0.525. The molecule has 1 aromatic rings. The van der Waals surface area contributed by atoms with Crippen LogP contribution >= 0.6 is 0 Å². The van der Waals surface area contributed by atoms with Crippen molar-refractivity contribution in [3.05, 3.63) is 22.8 Å². The largest absolute Gasteiger partial charge is 0.398 e. The zero-order chi connectivity index (χ0) is 16.7. The zero-order valence-electron chi connectivity index (χ0n) is 15.3. The van der Waals surface area contributed by atoms with Crippen LogP contribution in [0.15, 0.2) is 6.07 Å². The number of nitrogens with two attached hydrogens (primary N) is 2. The lowest BCUT2D eigenvalue weighted by Crippen LogP contribution is -2.12. The smallest absolute Gasteiger partial charge is 0.0402 e. The Labute approximate surface area is 137 Å². The van der Waals surface area contributed by atoms with Crippen LogP contribution in [-0.2, 0) is 12.8 Å². The number of anilines is 2. The number of hydrogen-bond donors (Lipinski definition) is 2. The molecule has 0 spiro atoms. The highest BCUT2D eigenvalue weighted by molar-refractivity contribution is 5.70. The van der Waals surface area contributed by atoms with Gasteiger partial charge in [0.25, 0.3) is 0 Å². The van der Waals surface area contributed by atoms with Gasteiger partial charge in [-0.2, -0.15) is 0 Å². The number of aryl methyl sites for hydroxylation is 2. The first-order valence-corrected chi connectivity index (χ1v) is 9.11. The number of benzene rings is 1. The van der Waals surface area contributed by atoms with Gasteiger partial charge in [-0.1, -0.05) is 53.5 Å². The number of hydrogen-bond acceptors (Lipinski definition) is 2. The fourth-order valence-electron chi connectivity index (χ4n) is 3.36. The van der Waals surface area contributed by atoms with Crippen LogP contribution < -0.4 is 11.5 Å². The van der Waals surface area contributed by atoms with E-state index in [1.165, 1.54) is 42.4 Å². The minimum absolute atomic E-state index is 0.432. The molecular weight excluding hydrogens is 268 g/mol. The lowest BCUT2D eigenvalue weighted by Gasteiger charge is -2.23. The summed E-state index contributed by atoms with van der Waals surface area (Å²) in [7, 11) is 0. The Kier molecular flexibility index (Phi) is 7.78. The van der Waals surface area contributed by atoms with E-state index < -0.39 is 0 Å². The number of nitrogen functional groups attached to an aromatic ring is 2. The van der Waals surface area contributed by atoms with Crippen molar-refractivity contribution in [2.45, 2.75) is 85.5 Å².